The maximum atomic E-state index is 11.5. The fraction of sp³-hybridized carbons (Fsp3) is 0.917. The topological polar surface area (TPSA) is 72.5 Å². The third kappa shape index (κ3) is 3.76. The van der Waals surface area contributed by atoms with E-state index in [1.807, 2.05) is 0 Å². The van der Waals surface area contributed by atoms with Crippen LogP contribution >= 0.6 is 0 Å². The molecule has 2 atom stereocenters. The highest BCUT2D eigenvalue weighted by molar-refractivity contribution is 5.76. The molecule has 0 aromatic heterocycles. The third-order valence-electron chi connectivity index (χ3n) is 3.36. The number of aliphatic hydroxyl groups excluding tert-OH is 1. The number of hydrogen-bond acceptors (Lipinski definition) is 4. The first kappa shape index (κ1) is 13.5. The first-order chi connectivity index (χ1) is 7.32. The minimum absolute atomic E-state index is 0.0228. The Hall–Kier alpha value is -0.610. The summed E-state index contributed by atoms with van der Waals surface area (Å²) in [5.41, 5.74) is 5.86. The average molecular weight is 229 g/mol. The van der Waals surface area contributed by atoms with E-state index in [0.717, 1.165) is 25.7 Å². The number of rotatable bonds is 3. The molecule has 0 amide bonds. The van der Waals surface area contributed by atoms with E-state index in [1.165, 1.54) is 6.92 Å². The van der Waals surface area contributed by atoms with Gasteiger partial charge in [0.15, 0.2) is 0 Å². The van der Waals surface area contributed by atoms with E-state index in [1.54, 1.807) is 0 Å². The molecule has 0 aromatic carbocycles. The van der Waals surface area contributed by atoms with Crippen molar-refractivity contribution in [1.29, 1.82) is 0 Å². The number of nitrogens with two attached hydrogens (primary N) is 1. The van der Waals surface area contributed by atoms with Crippen molar-refractivity contribution < 1.29 is 14.6 Å². The predicted octanol–water partition coefficient (Wildman–Crippen LogP) is 1.21. The maximum Gasteiger partial charge on any atom is 0.325 e. The summed E-state index contributed by atoms with van der Waals surface area (Å²) in [6.07, 6.45) is 3.04. The molecule has 4 nitrogen and oxygen atoms in total. The van der Waals surface area contributed by atoms with Crippen molar-refractivity contribution in [3.05, 3.63) is 0 Å². The van der Waals surface area contributed by atoms with Crippen LogP contribution in [0, 0.1) is 5.41 Å². The molecule has 1 fully saturated rings. The van der Waals surface area contributed by atoms with Crippen molar-refractivity contribution in [2.24, 2.45) is 11.1 Å². The average Bonchev–Trinajstić information content (AvgIpc) is 2.19. The summed E-state index contributed by atoms with van der Waals surface area (Å²) in [5, 5.41) is 9.18. The molecule has 3 N–H and O–H groups in total. The van der Waals surface area contributed by atoms with Crippen LogP contribution < -0.4 is 5.73 Å². The van der Waals surface area contributed by atoms with Crippen molar-refractivity contribution in [1.82, 2.24) is 0 Å². The van der Waals surface area contributed by atoms with E-state index in [2.05, 4.69) is 13.8 Å². The molecular formula is C12H23NO3. The lowest BCUT2D eigenvalue weighted by Crippen LogP contribution is -2.43. The number of carbonyl (C=O) groups is 1. The lowest BCUT2D eigenvalue weighted by molar-refractivity contribution is -0.155. The van der Waals surface area contributed by atoms with Gasteiger partial charge in [-0.25, -0.2) is 0 Å². The quantitative estimate of drug-likeness (QED) is 0.713. The van der Waals surface area contributed by atoms with Crippen LogP contribution in [0.2, 0.25) is 0 Å². The molecule has 1 rings (SSSR count). The van der Waals surface area contributed by atoms with Gasteiger partial charge in [-0.1, -0.05) is 13.8 Å². The summed E-state index contributed by atoms with van der Waals surface area (Å²) >= 11 is 0. The molecule has 0 spiro atoms. The Labute approximate surface area is 97.2 Å². The molecule has 0 radical (unpaired) electrons. The Morgan fingerprint density at radius 1 is 1.44 bits per heavy atom. The monoisotopic (exact) mass is 229 g/mol. The van der Waals surface area contributed by atoms with Gasteiger partial charge in [-0.3, -0.25) is 4.79 Å². The highest BCUT2D eigenvalue weighted by Gasteiger charge is 2.30. The summed E-state index contributed by atoms with van der Waals surface area (Å²) in [4.78, 5) is 11.5. The second-order valence-corrected chi connectivity index (χ2v) is 5.57. The van der Waals surface area contributed by atoms with Gasteiger partial charge in [0.1, 0.15) is 12.1 Å². The van der Waals surface area contributed by atoms with Crippen molar-refractivity contribution >= 4 is 5.97 Å². The Bertz CT molecular complexity index is 241. The van der Waals surface area contributed by atoms with Crippen LogP contribution in [-0.4, -0.2) is 29.3 Å². The van der Waals surface area contributed by atoms with Gasteiger partial charge in [0.2, 0.25) is 0 Å². The van der Waals surface area contributed by atoms with E-state index in [-0.39, 0.29) is 6.10 Å². The van der Waals surface area contributed by atoms with Crippen LogP contribution in [0.25, 0.3) is 0 Å². The normalized spacial score (nSPS) is 24.8. The standard InChI is InChI=1S/C12H23NO3/c1-8(14)10(13)11(15)16-9-4-6-12(2,3)7-5-9/h8-10,14H,4-7,13H2,1-3H3. The molecule has 1 aliphatic rings. The molecule has 0 bridgehead atoms. The fourth-order valence-corrected chi connectivity index (χ4v) is 1.93. The van der Waals surface area contributed by atoms with Gasteiger partial charge in [-0.2, -0.15) is 0 Å². The zero-order valence-corrected chi connectivity index (χ0v) is 10.4. The lowest BCUT2D eigenvalue weighted by atomic mass is 9.76. The molecule has 2 unspecified atom stereocenters. The predicted molar refractivity (Wildman–Crippen MR) is 61.8 cm³/mol. The van der Waals surface area contributed by atoms with Gasteiger partial charge >= 0.3 is 5.97 Å². The van der Waals surface area contributed by atoms with Gasteiger partial charge in [-0.05, 0) is 38.0 Å². The van der Waals surface area contributed by atoms with E-state index in [9.17, 15) is 9.90 Å². The van der Waals surface area contributed by atoms with Gasteiger partial charge in [0, 0.05) is 0 Å². The molecule has 0 aromatic rings. The first-order valence-electron chi connectivity index (χ1n) is 5.96. The minimum Gasteiger partial charge on any atom is -0.461 e. The second kappa shape index (κ2) is 5.15. The molecule has 0 saturated heterocycles. The number of carbonyl (C=O) groups excluding carboxylic acids is 1. The number of hydrogen-bond donors (Lipinski definition) is 2. The smallest absolute Gasteiger partial charge is 0.325 e. The Kier molecular flexibility index (Phi) is 4.33. The molecule has 0 aliphatic heterocycles. The van der Waals surface area contributed by atoms with Crippen molar-refractivity contribution in [2.75, 3.05) is 0 Å². The largest absolute Gasteiger partial charge is 0.461 e. The SMILES string of the molecule is CC(O)C(N)C(=O)OC1CCC(C)(C)CC1. The van der Waals surface area contributed by atoms with Crippen LogP contribution in [0.4, 0.5) is 0 Å². The Balaban J connectivity index is 2.37. The Morgan fingerprint density at radius 3 is 2.38 bits per heavy atom. The highest BCUT2D eigenvalue weighted by Crippen LogP contribution is 2.36. The van der Waals surface area contributed by atoms with Crippen molar-refractivity contribution in [2.45, 2.75) is 64.7 Å². The summed E-state index contributed by atoms with van der Waals surface area (Å²) in [6, 6.07) is -0.921. The first-order valence-corrected chi connectivity index (χ1v) is 5.96. The van der Waals surface area contributed by atoms with Crippen molar-refractivity contribution in [3.63, 3.8) is 0 Å². The summed E-state index contributed by atoms with van der Waals surface area (Å²) in [6.45, 7) is 5.95. The number of aliphatic hydroxyl groups is 1. The summed E-state index contributed by atoms with van der Waals surface area (Å²) in [5.74, 6) is -0.486. The minimum atomic E-state index is -0.921. The molecule has 4 heteroatoms. The van der Waals surface area contributed by atoms with Gasteiger partial charge in [0.05, 0.1) is 6.10 Å². The lowest BCUT2D eigenvalue weighted by Gasteiger charge is -2.34. The van der Waals surface area contributed by atoms with Crippen LogP contribution in [0.5, 0.6) is 0 Å². The third-order valence-corrected chi connectivity index (χ3v) is 3.36. The van der Waals surface area contributed by atoms with Crippen LogP contribution in [0.1, 0.15) is 46.5 Å². The van der Waals surface area contributed by atoms with E-state index < -0.39 is 18.1 Å². The van der Waals surface area contributed by atoms with Gasteiger partial charge in [0.25, 0.3) is 0 Å². The molecule has 0 heterocycles. The molecular weight excluding hydrogens is 206 g/mol. The van der Waals surface area contributed by atoms with Crippen molar-refractivity contribution in [3.8, 4) is 0 Å². The summed E-state index contributed by atoms with van der Waals surface area (Å²) in [7, 11) is 0. The van der Waals surface area contributed by atoms with E-state index >= 15 is 0 Å². The molecule has 94 valence electrons. The zero-order chi connectivity index (χ0) is 12.3. The number of esters is 1. The zero-order valence-electron chi connectivity index (χ0n) is 10.4. The highest BCUT2D eigenvalue weighted by atomic mass is 16.5. The van der Waals surface area contributed by atoms with Crippen LogP contribution in [0.3, 0.4) is 0 Å². The van der Waals surface area contributed by atoms with Gasteiger partial charge < -0.3 is 15.6 Å². The molecule has 16 heavy (non-hydrogen) atoms. The second-order valence-electron chi connectivity index (χ2n) is 5.57. The Morgan fingerprint density at radius 2 is 1.94 bits per heavy atom. The van der Waals surface area contributed by atoms with E-state index in [0.29, 0.717) is 5.41 Å². The number of ether oxygens (including phenoxy) is 1. The van der Waals surface area contributed by atoms with Crippen LogP contribution in [0.15, 0.2) is 0 Å². The molecule has 1 aliphatic carbocycles. The fourth-order valence-electron chi connectivity index (χ4n) is 1.93. The maximum absolute atomic E-state index is 11.5. The molecule has 1 saturated carbocycles. The summed E-state index contributed by atoms with van der Waals surface area (Å²) < 4.78 is 5.28. The van der Waals surface area contributed by atoms with Gasteiger partial charge in [-0.15, -0.1) is 0 Å². The van der Waals surface area contributed by atoms with E-state index in [4.69, 9.17) is 10.5 Å². The van der Waals surface area contributed by atoms with Crippen LogP contribution in [-0.2, 0) is 9.53 Å².